The lowest BCUT2D eigenvalue weighted by Gasteiger charge is -2.32. The van der Waals surface area contributed by atoms with Gasteiger partial charge >= 0.3 is 0 Å². The van der Waals surface area contributed by atoms with Gasteiger partial charge < -0.3 is 11.1 Å². The monoisotopic (exact) mass is 323 g/mol. The molecule has 1 saturated heterocycles. The molecule has 1 aliphatic heterocycles. The molecule has 1 aliphatic rings. The fraction of sp³-hybridized carbons (Fsp3) is 0.350. The first kappa shape index (κ1) is 16.7. The van der Waals surface area contributed by atoms with Crippen LogP contribution in [0.2, 0.25) is 0 Å². The van der Waals surface area contributed by atoms with E-state index >= 15 is 0 Å². The molecule has 0 aromatic heterocycles. The number of nitrogens with zero attached hydrogens (tertiary/aromatic N) is 1. The number of benzene rings is 2. The highest BCUT2D eigenvalue weighted by molar-refractivity contribution is 5.92. The minimum Gasteiger partial charge on any atom is -0.366 e. The standard InChI is InChI=1S/C20H25N3O/c21-20(24)18-8-4-7-17(13-18)14-22-19-9-11-23(12-10-19)15-16-5-2-1-3-6-16/h1-8,13,19,22H,9-12,14-15H2,(H2,21,24). The molecule has 1 fully saturated rings. The summed E-state index contributed by atoms with van der Waals surface area (Å²) in [7, 11) is 0. The van der Waals surface area contributed by atoms with Crippen LogP contribution in [0.5, 0.6) is 0 Å². The summed E-state index contributed by atoms with van der Waals surface area (Å²) in [6.45, 7) is 4.06. The van der Waals surface area contributed by atoms with Gasteiger partial charge in [-0.2, -0.15) is 0 Å². The Hall–Kier alpha value is -2.17. The molecule has 0 aliphatic carbocycles. The SMILES string of the molecule is NC(=O)c1cccc(CNC2CCN(Cc3ccccc3)CC2)c1. The van der Waals surface area contributed by atoms with Gasteiger partial charge in [0.1, 0.15) is 0 Å². The average molecular weight is 323 g/mol. The summed E-state index contributed by atoms with van der Waals surface area (Å²) >= 11 is 0. The molecule has 3 N–H and O–H groups in total. The van der Waals surface area contributed by atoms with Crippen LogP contribution < -0.4 is 11.1 Å². The summed E-state index contributed by atoms with van der Waals surface area (Å²) in [6.07, 6.45) is 2.31. The number of likely N-dealkylation sites (tertiary alicyclic amines) is 1. The van der Waals surface area contributed by atoms with Crippen LogP contribution in [0.1, 0.15) is 34.3 Å². The largest absolute Gasteiger partial charge is 0.366 e. The second-order valence-electron chi connectivity index (χ2n) is 6.48. The summed E-state index contributed by atoms with van der Waals surface area (Å²) in [5, 5.41) is 3.61. The fourth-order valence-electron chi connectivity index (χ4n) is 3.23. The zero-order chi connectivity index (χ0) is 16.8. The summed E-state index contributed by atoms with van der Waals surface area (Å²) in [5.41, 5.74) is 8.40. The number of nitrogens with two attached hydrogens (primary N) is 1. The molecule has 0 radical (unpaired) electrons. The van der Waals surface area contributed by atoms with Gasteiger partial charge in [-0.15, -0.1) is 0 Å². The van der Waals surface area contributed by atoms with E-state index in [0.29, 0.717) is 11.6 Å². The molecular formula is C20H25N3O. The number of nitrogens with one attached hydrogen (secondary N) is 1. The number of carbonyl (C=O) groups excluding carboxylic acids is 1. The molecule has 3 rings (SSSR count). The molecule has 4 heteroatoms. The molecule has 0 bridgehead atoms. The van der Waals surface area contributed by atoms with E-state index in [1.807, 2.05) is 18.2 Å². The van der Waals surface area contributed by atoms with E-state index in [2.05, 4.69) is 40.5 Å². The van der Waals surface area contributed by atoms with Crippen LogP contribution in [-0.4, -0.2) is 29.9 Å². The van der Waals surface area contributed by atoms with Gasteiger partial charge in [0.2, 0.25) is 5.91 Å². The first-order valence-corrected chi connectivity index (χ1v) is 8.59. The van der Waals surface area contributed by atoms with Crippen molar-refractivity contribution in [3.8, 4) is 0 Å². The van der Waals surface area contributed by atoms with Gasteiger partial charge in [0, 0.05) is 24.7 Å². The van der Waals surface area contributed by atoms with Crippen LogP contribution in [0.3, 0.4) is 0 Å². The predicted molar refractivity (Wildman–Crippen MR) is 96.5 cm³/mol. The summed E-state index contributed by atoms with van der Waals surface area (Å²) in [5.74, 6) is -0.369. The number of primary amides is 1. The molecule has 2 aromatic rings. The quantitative estimate of drug-likeness (QED) is 0.859. The van der Waals surface area contributed by atoms with Gasteiger partial charge in [-0.05, 0) is 49.2 Å². The number of piperidine rings is 1. The van der Waals surface area contributed by atoms with E-state index < -0.39 is 0 Å². The Kier molecular flexibility index (Phi) is 5.62. The minimum absolute atomic E-state index is 0.369. The van der Waals surface area contributed by atoms with E-state index in [-0.39, 0.29) is 5.91 Å². The Morgan fingerprint density at radius 2 is 1.75 bits per heavy atom. The van der Waals surface area contributed by atoms with Crippen molar-refractivity contribution >= 4 is 5.91 Å². The highest BCUT2D eigenvalue weighted by Crippen LogP contribution is 2.14. The lowest BCUT2D eigenvalue weighted by Crippen LogP contribution is -2.41. The number of amides is 1. The molecule has 4 nitrogen and oxygen atoms in total. The topological polar surface area (TPSA) is 58.4 Å². The first-order valence-electron chi connectivity index (χ1n) is 8.59. The lowest BCUT2D eigenvalue weighted by molar-refractivity contribution is 0.1000. The Labute approximate surface area is 143 Å². The van der Waals surface area contributed by atoms with Crippen molar-refractivity contribution in [2.75, 3.05) is 13.1 Å². The van der Waals surface area contributed by atoms with Crippen molar-refractivity contribution in [3.63, 3.8) is 0 Å². The van der Waals surface area contributed by atoms with Crippen LogP contribution in [0, 0.1) is 0 Å². The Balaban J connectivity index is 1.44. The van der Waals surface area contributed by atoms with Crippen molar-refractivity contribution < 1.29 is 4.79 Å². The van der Waals surface area contributed by atoms with Gasteiger partial charge in [-0.25, -0.2) is 0 Å². The summed E-state index contributed by atoms with van der Waals surface area (Å²) in [4.78, 5) is 13.8. The zero-order valence-electron chi connectivity index (χ0n) is 13.9. The Bertz CT molecular complexity index is 664. The van der Waals surface area contributed by atoms with Gasteiger partial charge in [-0.1, -0.05) is 42.5 Å². The number of hydrogen-bond acceptors (Lipinski definition) is 3. The van der Waals surface area contributed by atoms with Crippen molar-refractivity contribution in [1.29, 1.82) is 0 Å². The van der Waals surface area contributed by atoms with Gasteiger partial charge in [0.25, 0.3) is 0 Å². The molecule has 0 spiro atoms. The summed E-state index contributed by atoms with van der Waals surface area (Å²) < 4.78 is 0. The van der Waals surface area contributed by atoms with Crippen molar-refractivity contribution in [2.45, 2.75) is 32.0 Å². The molecule has 0 atom stereocenters. The molecule has 24 heavy (non-hydrogen) atoms. The Morgan fingerprint density at radius 1 is 1.04 bits per heavy atom. The third kappa shape index (κ3) is 4.66. The number of rotatable bonds is 6. The van der Waals surface area contributed by atoms with Crippen LogP contribution in [0.15, 0.2) is 54.6 Å². The second-order valence-corrected chi connectivity index (χ2v) is 6.48. The molecular weight excluding hydrogens is 298 g/mol. The smallest absolute Gasteiger partial charge is 0.248 e. The van der Waals surface area contributed by atoms with E-state index in [9.17, 15) is 4.79 Å². The molecule has 126 valence electrons. The second kappa shape index (κ2) is 8.08. The van der Waals surface area contributed by atoms with Gasteiger partial charge in [0.05, 0.1) is 0 Å². The highest BCUT2D eigenvalue weighted by Gasteiger charge is 2.18. The minimum atomic E-state index is -0.369. The third-order valence-corrected chi connectivity index (χ3v) is 4.64. The van der Waals surface area contributed by atoms with Crippen molar-refractivity contribution in [3.05, 3.63) is 71.3 Å². The first-order chi connectivity index (χ1) is 11.7. The van der Waals surface area contributed by atoms with Gasteiger partial charge in [0.15, 0.2) is 0 Å². The molecule has 0 saturated carbocycles. The van der Waals surface area contributed by atoms with Crippen molar-refractivity contribution in [1.82, 2.24) is 10.2 Å². The van der Waals surface area contributed by atoms with Crippen LogP contribution in [-0.2, 0) is 13.1 Å². The molecule has 0 unspecified atom stereocenters. The summed E-state index contributed by atoms with van der Waals surface area (Å²) in [6, 6.07) is 18.7. The van der Waals surface area contributed by atoms with E-state index in [1.165, 1.54) is 5.56 Å². The third-order valence-electron chi connectivity index (χ3n) is 4.64. The van der Waals surface area contributed by atoms with E-state index in [0.717, 1.165) is 44.6 Å². The maximum absolute atomic E-state index is 11.2. The van der Waals surface area contributed by atoms with Crippen LogP contribution in [0.4, 0.5) is 0 Å². The maximum Gasteiger partial charge on any atom is 0.248 e. The van der Waals surface area contributed by atoms with Crippen LogP contribution >= 0.6 is 0 Å². The predicted octanol–water partition coefficient (Wildman–Crippen LogP) is 2.54. The van der Waals surface area contributed by atoms with Crippen LogP contribution in [0.25, 0.3) is 0 Å². The van der Waals surface area contributed by atoms with E-state index in [1.54, 1.807) is 6.07 Å². The lowest BCUT2D eigenvalue weighted by atomic mass is 10.0. The zero-order valence-corrected chi connectivity index (χ0v) is 13.9. The van der Waals surface area contributed by atoms with Gasteiger partial charge in [-0.3, -0.25) is 9.69 Å². The molecule has 1 heterocycles. The average Bonchev–Trinajstić information content (AvgIpc) is 2.62. The normalized spacial score (nSPS) is 16.2. The Morgan fingerprint density at radius 3 is 2.46 bits per heavy atom. The molecule has 2 aromatic carbocycles. The maximum atomic E-state index is 11.2. The highest BCUT2D eigenvalue weighted by atomic mass is 16.1. The number of carbonyl (C=O) groups is 1. The molecule has 1 amide bonds. The number of hydrogen-bond donors (Lipinski definition) is 2. The fourth-order valence-corrected chi connectivity index (χ4v) is 3.23. The van der Waals surface area contributed by atoms with E-state index in [4.69, 9.17) is 5.73 Å². The van der Waals surface area contributed by atoms with Crippen molar-refractivity contribution in [2.24, 2.45) is 5.73 Å².